The van der Waals surface area contributed by atoms with Crippen LogP contribution in [0.15, 0.2) is 42.6 Å². The van der Waals surface area contributed by atoms with Crippen LogP contribution in [0.5, 0.6) is 5.88 Å². The first-order valence-corrected chi connectivity index (χ1v) is 8.29. The van der Waals surface area contributed by atoms with Crippen LogP contribution in [0.4, 0.5) is 10.6 Å². The van der Waals surface area contributed by atoms with Gasteiger partial charge >= 0.3 is 6.09 Å². The van der Waals surface area contributed by atoms with Gasteiger partial charge in [0.15, 0.2) is 11.5 Å². The Hall–Kier alpha value is -3.09. The number of rotatable bonds is 4. The smallest absolute Gasteiger partial charge is 0.412 e. The van der Waals surface area contributed by atoms with Crippen LogP contribution in [0, 0.1) is 0 Å². The molecular formula is C19H22N4O3. The van der Waals surface area contributed by atoms with Crippen LogP contribution < -0.4 is 10.1 Å². The predicted octanol–water partition coefficient (Wildman–Crippen LogP) is 3.78. The van der Waals surface area contributed by atoms with Crippen molar-refractivity contribution in [2.45, 2.75) is 32.8 Å². The molecule has 3 aromatic rings. The quantitative estimate of drug-likeness (QED) is 0.771. The summed E-state index contributed by atoms with van der Waals surface area (Å²) in [5.74, 6) is 0.836. The molecule has 2 heterocycles. The molecule has 0 fully saturated rings. The highest BCUT2D eigenvalue weighted by atomic mass is 16.5. The molecule has 0 aliphatic heterocycles. The summed E-state index contributed by atoms with van der Waals surface area (Å²) >= 11 is 0. The number of nitrogens with zero attached hydrogens (tertiary/aromatic N) is 3. The molecular weight excluding hydrogens is 332 g/mol. The number of carbonyl (C=O) groups excluding carboxylic acids is 1. The molecule has 3 rings (SSSR count). The van der Waals surface area contributed by atoms with Gasteiger partial charge in [-0.15, -0.1) is 5.10 Å². The van der Waals surface area contributed by atoms with E-state index in [-0.39, 0.29) is 5.41 Å². The Kier molecular flexibility index (Phi) is 4.79. The summed E-state index contributed by atoms with van der Waals surface area (Å²) in [6, 6.07) is 11.8. The Balaban J connectivity index is 1.77. The lowest BCUT2D eigenvalue weighted by Crippen LogP contribution is -2.15. The maximum atomic E-state index is 11.3. The zero-order chi connectivity index (χ0) is 18.7. The average Bonchev–Trinajstić information content (AvgIpc) is 3.00. The van der Waals surface area contributed by atoms with E-state index >= 15 is 0 Å². The molecule has 0 bridgehead atoms. The number of ether oxygens (including phenoxy) is 2. The second-order valence-corrected chi connectivity index (χ2v) is 6.91. The fourth-order valence-electron chi connectivity index (χ4n) is 2.69. The lowest BCUT2D eigenvalue weighted by atomic mass is 9.84. The molecule has 136 valence electrons. The van der Waals surface area contributed by atoms with Gasteiger partial charge in [-0.3, -0.25) is 5.32 Å². The molecule has 7 nitrogen and oxygen atoms in total. The summed E-state index contributed by atoms with van der Waals surface area (Å²) in [6.07, 6.45) is 1.02. The van der Waals surface area contributed by atoms with E-state index in [0.29, 0.717) is 24.0 Å². The Bertz CT molecular complexity index is 928. The fourth-order valence-corrected chi connectivity index (χ4v) is 2.69. The number of fused-ring (bicyclic) bond motifs is 1. The zero-order valence-corrected chi connectivity index (χ0v) is 15.3. The average molecular weight is 354 g/mol. The summed E-state index contributed by atoms with van der Waals surface area (Å²) in [4.78, 5) is 15.5. The van der Waals surface area contributed by atoms with Crippen molar-refractivity contribution in [2.24, 2.45) is 0 Å². The molecule has 1 amide bonds. The molecule has 0 unspecified atom stereocenters. The van der Waals surface area contributed by atoms with Crippen molar-refractivity contribution in [1.82, 2.24) is 14.6 Å². The van der Waals surface area contributed by atoms with E-state index < -0.39 is 6.09 Å². The number of benzene rings is 1. The van der Waals surface area contributed by atoms with Gasteiger partial charge in [0.2, 0.25) is 5.88 Å². The van der Waals surface area contributed by atoms with Crippen LogP contribution in [0.25, 0.3) is 5.65 Å². The number of hydrogen-bond acceptors (Lipinski definition) is 5. The van der Waals surface area contributed by atoms with Crippen LogP contribution in [0.2, 0.25) is 0 Å². The standard InChI is InChI=1S/C19H22N4O3/c1-19(2,3)14-8-6-5-7-13(14)12-26-17-10-9-16-20-15(11-23(16)22-17)21-18(24)25-4/h5-11H,12H2,1-4H3,(H,21,24). The molecule has 1 aromatic carbocycles. The van der Waals surface area contributed by atoms with Gasteiger partial charge in [-0.2, -0.15) is 0 Å². The minimum atomic E-state index is -0.580. The van der Waals surface area contributed by atoms with E-state index in [4.69, 9.17) is 4.74 Å². The van der Waals surface area contributed by atoms with Crippen molar-refractivity contribution in [3.63, 3.8) is 0 Å². The topological polar surface area (TPSA) is 77.8 Å². The summed E-state index contributed by atoms with van der Waals surface area (Å²) in [5.41, 5.74) is 3.00. The van der Waals surface area contributed by atoms with Crippen LogP contribution in [-0.4, -0.2) is 27.8 Å². The normalized spacial score (nSPS) is 11.4. The SMILES string of the molecule is COC(=O)Nc1cn2nc(OCc3ccccc3C(C)(C)C)ccc2n1. The molecule has 0 saturated heterocycles. The van der Waals surface area contributed by atoms with Gasteiger partial charge in [-0.05, 0) is 22.6 Å². The third kappa shape index (κ3) is 3.93. The molecule has 2 aromatic heterocycles. The van der Waals surface area contributed by atoms with Gasteiger partial charge in [0, 0.05) is 6.07 Å². The largest absolute Gasteiger partial charge is 0.472 e. The monoisotopic (exact) mass is 354 g/mol. The van der Waals surface area contributed by atoms with Crippen LogP contribution in [0.3, 0.4) is 0 Å². The molecule has 0 saturated carbocycles. The minimum absolute atomic E-state index is 0.0378. The summed E-state index contributed by atoms with van der Waals surface area (Å²) in [7, 11) is 1.30. The Labute approximate surface area is 152 Å². The van der Waals surface area contributed by atoms with E-state index in [9.17, 15) is 4.79 Å². The van der Waals surface area contributed by atoms with Gasteiger partial charge in [-0.1, -0.05) is 45.0 Å². The number of hydrogen-bond donors (Lipinski definition) is 1. The Morgan fingerprint density at radius 1 is 1.19 bits per heavy atom. The van der Waals surface area contributed by atoms with Crippen molar-refractivity contribution in [3.05, 3.63) is 53.7 Å². The van der Waals surface area contributed by atoms with E-state index in [1.807, 2.05) is 12.1 Å². The van der Waals surface area contributed by atoms with Crippen molar-refractivity contribution in [3.8, 4) is 5.88 Å². The lowest BCUT2D eigenvalue weighted by Gasteiger charge is -2.22. The molecule has 1 N–H and O–H groups in total. The molecule has 26 heavy (non-hydrogen) atoms. The maximum absolute atomic E-state index is 11.3. The fraction of sp³-hybridized carbons (Fsp3) is 0.316. The third-order valence-corrected chi connectivity index (χ3v) is 3.91. The molecule has 0 spiro atoms. The second-order valence-electron chi connectivity index (χ2n) is 6.91. The number of carbonyl (C=O) groups is 1. The Morgan fingerprint density at radius 2 is 1.96 bits per heavy atom. The number of methoxy groups -OCH3 is 1. The van der Waals surface area contributed by atoms with Crippen molar-refractivity contribution >= 4 is 17.6 Å². The molecule has 7 heteroatoms. The van der Waals surface area contributed by atoms with Crippen LogP contribution in [-0.2, 0) is 16.8 Å². The molecule has 0 aliphatic carbocycles. The molecule has 0 aliphatic rings. The third-order valence-electron chi connectivity index (χ3n) is 3.91. The number of anilines is 1. The van der Waals surface area contributed by atoms with Crippen LogP contribution in [0.1, 0.15) is 31.9 Å². The minimum Gasteiger partial charge on any atom is -0.472 e. The van der Waals surface area contributed by atoms with E-state index in [1.54, 1.807) is 22.8 Å². The summed E-state index contributed by atoms with van der Waals surface area (Å²) < 4.78 is 12.0. The van der Waals surface area contributed by atoms with Crippen molar-refractivity contribution in [2.75, 3.05) is 12.4 Å². The number of amides is 1. The summed E-state index contributed by atoms with van der Waals surface area (Å²) in [5, 5.41) is 6.88. The van der Waals surface area contributed by atoms with E-state index in [0.717, 1.165) is 5.56 Å². The lowest BCUT2D eigenvalue weighted by molar-refractivity contribution is 0.187. The van der Waals surface area contributed by atoms with Gasteiger partial charge in [0.1, 0.15) is 6.61 Å². The zero-order valence-electron chi connectivity index (χ0n) is 15.3. The van der Waals surface area contributed by atoms with Crippen molar-refractivity contribution in [1.29, 1.82) is 0 Å². The molecule has 0 atom stereocenters. The first kappa shape index (κ1) is 17.7. The van der Waals surface area contributed by atoms with E-state index in [1.165, 1.54) is 12.7 Å². The highest BCUT2D eigenvalue weighted by Gasteiger charge is 2.17. The highest BCUT2D eigenvalue weighted by Crippen LogP contribution is 2.26. The first-order valence-electron chi connectivity index (χ1n) is 8.29. The van der Waals surface area contributed by atoms with Gasteiger partial charge < -0.3 is 9.47 Å². The predicted molar refractivity (Wildman–Crippen MR) is 98.5 cm³/mol. The van der Waals surface area contributed by atoms with Gasteiger partial charge in [0.25, 0.3) is 0 Å². The Morgan fingerprint density at radius 3 is 2.69 bits per heavy atom. The van der Waals surface area contributed by atoms with E-state index in [2.05, 4.69) is 53.0 Å². The number of nitrogens with one attached hydrogen (secondary N) is 1. The number of imidazole rings is 1. The first-order chi connectivity index (χ1) is 12.4. The van der Waals surface area contributed by atoms with Crippen molar-refractivity contribution < 1.29 is 14.3 Å². The number of aromatic nitrogens is 3. The van der Waals surface area contributed by atoms with Crippen LogP contribution >= 0.6 is 0 Å². The maximum Gasteiger partial charge on any atom is 0.412 e. The molecule has 0 radical (unpaired) electrons. The second kappa shape index (κ2) is 7.03. The summed E-state index contributed by atoms with van der Waals surface area (Å²) in [6.45, 7) is 6.96. The van der Waals surface area contributed by atoms with Gasteiger partial charge in [0.05, 0.1) is 13.3 Å². The van der Waals surface area contributed by atoms with Gasteiger partial charge in [-0.25, -0.2) is 14.3 Å². The highest BCUT2D eigenvalue weighted by molar-refractivity contribution is 5.83.